The molecule has 0 bridgehead atoms. The van der Waals surface area contributed by atoms with E-state index >= 15 is 0 Å². The largest absolute Gasteiger partial charge is 0.494 e. The summed E-state index contributed by atoms with van der Waals surface area (Å²) < 4.78 is 24.3. The van der Waals surface area contributed by atoms with Crippen LogP contribution < -0.4 is 10.1 Å². The molecule has 1 aromatic carbocycles. The summed E-state index contributed by atoms with van der Waals surface area (Å²) in [5.74, 6) is 0.00498. The summed E-state index contributed by atoms with van der Waals surface area (Å²) in [6.07, 6.45) is 6.08. The van der Waals surface area contributed by atoms with Gasteiger partial charge >= 0.3 is 0 Å². The standard InChI is InChI=1S/C17H26FNO2/c1-3-19-16(8-4-6-14-7-5-11-21-14)13-9-10-15(18)17(12-13)20-2/h9-10,12,14,16,19H,3-8,11H2,1-2H3. The van der Waals surface area contributed by atoms with E-state index in [4.69, 9.17) is 9.47 Å². The predicted octanol–water partition coefficient (Wildman–Crippen LogP) is 3.83. The van der Waals surface area contributed by atoms with E-state index in [9.17, 15) is 4.39 Å². The smallest absolute Gasteiger partial charge is 0.165 e. The predicted molar refractivity (Wildman–Crippen MR) is 82.2 cm³/mol. The van der Waals surface area contributed by atoms with E-state index in [1.54, 1.807) is 6.07 Å². The second-order valence-electron chi connectivity index (χ2n) is 5.57. The van der Waals surface area contributed by atoms with Gasteiger partial charge in [0.15, 0.2) is 11.6 Å². The van der Waals surface area contributed by atoms with Crippen molar-refractivity contribution in [2.45, 2.75) is 51.2 Å². The number of ether oxygens (including phenoxy) is 2. The highest BCUT2D eigenvalue weighted by molar-refractivity contribution is 5.32. The Morgan fingerprint density at radius 2 is 2.33 bits per heavy atom. The van der Waals surface area contributed by atoms with E-state index in [1.807, 2.05) is 6.07 Å². The maximum Gasteiger partial charge on any atom is 0.165 e. The number of hydrogen-bond donors (Lipinski definition) is 1. The fourth-order valence-electron chi connectivity index (χ4n) is 2.95. The molecular weight excluding hydrogens is 269 g/mol. The van der Waals surface area contributed by atoms with Gasteiger partial charge in [-0.05, 0) is 56.3 Å². The molecule has 1 aliphatic heterocycles. The summed E-state index contributed by atoms with van der Waals surface area (Å²) in [5.41, 5.74) is 1.09. The summed E-state index contributed by atoms with van der Waals surface area (Å²) >= 11 is 0. The zero-order chi connectivity index (χ0) is 15.1. The van der Waals surface area contributed by atoms with Crippen molar-refractivity contribution in [1.29, 1.82) is 0 Å². The van der Waals surface area contributed by atoms with Crippen molar-refractivity contribution >= 4 is 0 Å². The molecule has 118 valence electrons. The van der Waals surface area contributed by atoms with Gasteiger partial charge < -0.3 is 14.8 Å². The molecule has 3 nitrogen and oxygen atoms in total. The van der Waals surface area contributed by atoms with Gasteiger partial charge in [-0.25, -0.2) is 4.39 Å². The van der Waals surface area contributed by atoms with Gasteiger partial charge in [0.05, 0.1) is 13.2 Å². The molecule has 0 aliphatic carbocycles. The molecule has 0 aromatic heterocycles. The molecule has 2 atom stereocenters. The summed E-state index contributed by atoms with van der Waals surface area (Å²) in [5, 5.41) is 3.48. The Bertz CT molecular complexity index is 433. The SMILES string of the molecule is CCNC(CCCC1CCCO1)c1ccc(F)c(OC)c1. The lowest BCUT2D eigenvalue weighted by atomic mass is 9.99. The zero-order valence-electron chi connectivity index (χ0n) is 13.0. The van der Waals surface area contributed by atoms with Crippen LogP contribution in [0.25, 0.3) is 0 Å². The fraction of sp³-hybridized carbons (Fsp3) is 0.647. The van der Waals surface area contributed by atoms with Crippen LogP contribution in [-0.2, 0) is 4.74 Å². The normalized spacial score (nSPS) is 19.7. The Morgan fingerprint density at radius 1 is 1.48 bits per heavy atom. The molecule has 0 radical (unpaired) electrons. The average Bonchev–Trinajstić information content (AvgIpc) is 3.00. The summed E-state index contributed by atoms with van der Waals surface area (Å²) in [6, 6.07) is 5.37. The van der Waals surface area contributed by atoms with Crippen LogP contribution >= 0.6 is 0 Å². The van der Waals surface area contributed by atoms with Crippen LogP contribution in [0, 0.1) is 5.82 Å². The van der Waals surface area contributed by atoms with Crippen molar-refractivity contribution in [2.75, 3.05) is 20.3 Å². The van der Waals surface area contributed by atoms with Gasteiger partial charge in [0, 0.05) is 12.6 Å². The van der Waals surface area contributed by atoms with Gasteiger partial charge in [0.1, 0.15) is 0 Å². The molecule has 21 heavy (non-hydrogen) atoms. The third kappa shape index (κ3) is 4.68. The highest BCUT2D eigenvalue weighted by Crippen LogP contribution is 2.27. The van der Waals surface area contributed by atoms with Crippen molar-refractivity contribution < 1.29 is 13.9 Å². The van der Waals surface area contributed by atoms with E-state index in [0.29, 0.717) is 11.9 Å². The van der Waals surface area contributed by atoms with Crippen molar-refractivity contribution in [3.8, 4) is 5.75 Å². The molecule has 1 aliphatic rings. The van der Waals surface area contributed by atoms with E-state index in [0.717, 1.165) is 38.0 Å². The number of halogens is 1. The number of rotatable bonds is 8. The lowest BCUT2D eigenvalue weighted by molar-refractivity contribution is 0.101. The fourth-order valence-corrected chi connectivity index (χ4v) is 2.95. The lowest BCUT2D eigenvalue weighted by Gasteiger charge is -2.20. The molecule has 0 amide bonds. The van der Waals surface area contributed by atoms with Gasteiger partial charge in [-0.1, -0.05) is 13.0 Å². The van der Waals surface area contributed by atoms with Crippen LogP contribution in [0.2, 0.25) is 0 Å². The first-order chi connectivity index (χ1) is 10.2. The van der Waals surface area contributed by atoms with Crippen LogP contribution in [0.4, 0.5) is 4.39 Å². The topological polar surface area (TPSA) is 30.5 Å². The Labute approximate surface area is 126 Å². The third-order valence-corrected chi connectivity index (χ3v) is 4.07. The lowest BCUT2D eigenvalue weighted by Crippen LogP contribution is -2.21. The molecule has 1 heterocycles. The van der Waals surface area contributed by atoms with E-state index in [1.165, 1.54) is 26.0 Å². The van der Waals surface area contributed by atoms with E-state index < -0.39 is 0 Å². The van der Waals surface area contributed by atoms with Gasteiger partial charge in [-0.3, -0.25) is 0 Å². The number of methoxy groups -OCH3 is 1. The van der Waals surface area contributed by atoms with Crippen molar-refractivity contribution in [3.63, 3.8) is 0 Å². The minimum absolute atomic E-state index is 0.242. The first-order valence-electron chi connectivity index (χ1n) is 7.93. The Balaban J connectivity index is 1.93. The van der Waals surface area contributed by atoms with Gasteiger partial charge in [-0.15, -0.1) is 0 Å². The van der Waals surface area contributed by atoms with Crippen LogP contribution in [-0.4, -0.2) is 26.4 Å². The minimum Gasteiger partial charge on any atom is -0.494 e. The van der Waals surface area contributed by atoms with Crippen molar-refractivity contribution in [1.82, 2.24) is 5.32 Å². The molecule has 1 N–H and O–H groups in total. The van der Waals surface area contributed by atoms with Crippen LogP contribution in [0.1, 0.15) is 50.6 Å². The van der Waals surface area contributed by atoms with Crippen LogP contribution in [0.15, 0.2) is 18.2 Å². The average molecular weight is 295 g/mol. The molecule has 0 saturated carbocycles. The molecule has 2 unspecified atom stereocenters. The monoisotopic (exact) mass is 295 g/mol. The summed E-state index contributed by atoms with van der Waals surface area (Å²) in [7, 11) is 1.50. The molecule has 2 rings (SSSR count). The third-order valence-electron chi connectivity index (χ3n) is 4.07. The van der Waals surface area contributed by atoms with Crippen molar-refractivity contribution in [2.24, 2.45) is 0 Å². The first kappa shape index (κ1) is 16.2. The highest BCUT2D eigenvalue weighted by atomic mass is 19.1. The second-order valence-corrected chi connectivity index (χ2v) is 5.57. The molecule has 0 spiro atoms. The molecule has 4 heteroatoms. The van der Waals surface area contributed by atoms with E-state index in [-0.39, 0.29) is 11.9 Å². The Hall–Kier alpha value is -1.13. The maximum atomic E-state index is 13.5. The highest BCUT2D eigenvalue weighted by Gasteiger charge is 2.17. The second kappa shape index (κ2) is 8.35. The quantitative estimate of drug-likeness (QED) is 0.790. The van der Waals surface area contributed by atoms with Gasteiger partial charge in [-0.2, -0.15) is 0 Å². The molecule has 1 fully saturated rings. The zero-order valence-corrected chi connectivity index (χ0v) is 13.0. The number of hydrogen-bond acceptors (Lipinski definition) is 3. The summed E-state index contributed by atoms with van der Waals surface area (Å²) in [6.45, 7) is 3.90. The Morgan fingerprint density at radius 3 is 3.00 bits per heavy atom. The summed E-state index contributed by atoms with van der Waals surface area (Å²) in [4.78, 5) is 0. The first-order valence-corrected chi connectivity index (χ1v) is 7.93. The number of benzene rings is 1. The van der Waals surface area contributed by atoms with Gasteiger partial charge in [0.2, 0.25) is 0 Å². The molecule has 1 saturated heterocycles. The van der Waals surface area contributed by atoms with Crippen molar-refractivity contribution in [3.05, 3.63) is 29.6 Å². The van der Waals surface area contributed by atoms with E-state index in [2.05, 4.69) is 12.2 Å². The minimum atomic E-state index is -0.309. The Kier molecular flexibility index (Phi) is 6.46. The van der Waals surface area contributed by atoms with Gasteiger partial charge in [0.25, 0.3) is 0 Å². The van der Waals surface area contributed by atoms with Crippen LogP contribution in [0.5, 0.6) is 5.75 Å². The molecule has 1 aromatic rings. The van der Waals surface area contributed by atoms with Crippen LogP contribution in [0.3, 0.4) is 0 Å². The molecular formula is C17H26FNO2. The number of nitrogens with one attached hydrogen (secondary N) is 1. The maximum absolute atomic E-state index is 13.5.